The van der Waals surface area contributed by atoms with Gasteiger partial charge in [0, 0.05) is 32.7 Å². The van der Waals surface area contributed by atoms with E-state index in [4.69, 9.17) is 4.98 Å². The van der Waals surface area contributed by atoms with E-state index in [0.717, 1.165) is 38.2 Å². The summed E-state index contributed by atoms with van der Waals surface area (Å²) >= 11 is 0. The molecule has 1 saturated heterocycles. The fourth-order valence-electron chi connectivity index (χ4n) is 4.02. The maximum Gasteiger partial charge on any atom is 0.263 e. The second-order valence-corrected chi connectivity index (χ2v) is 9.73. The molecular weight excluding hydrogens is 434 g/mol. The second kappa shape index (κ2) is 9.17. The molecule has 0 aliphatic carbocycles. The topological polar surface area (TPSA) is 78.4 Å². The first-order chi connectivity index (χ1) is 16.1. The molecule has 1 aliphatic rings. The van der Waals surface area contributed by atoms with Crippen LogP contribution in [0.15, 0.2) is 89.8 Å². The van der Waals surface area contributed by atoms with Gasteiger partial charge in [0.05, 0.1) is 15.9 Å². The Morgan fingerprint density at radius 1 is 0.727 bits per heavy atom. The zero-order valence-corrected chi connectivity index (χ0v) is 18.9. The Hall–Kier alpha value is -3.49. The third kappa shape index (κ3) is 4.81. The summed E-state index contributed by atoms with van der Waals surface area (Å²) in [6, 6.07) is 26.3. The fourth-order valence-corrected chi connectivity index (χ4v) is 5.05. The minimum absolute atomic E-state index is 0.193. The van der Waals surface area contributed by atoms with Crippen LogP contribution in [-0.4, -0.2) is 49.5 Å². The molecule has 168 valence electrons. The van der Waals surface area contributed by atoms with Gasteiger partial charge in [-0.25, -0.2) is 18.4 Å². The highest BCUT2D eigenvalue weighted by molar-refractivity contribution is 7.92. The lowest BCUT2D eigenvalue weighted by Crippen LogP contribution is -2.46. The van der Waals surface area contributed by atoms with Crippen molar-refractivity contribution in [1.29, 1.82) is 0 Å². The SMILES string of the molecule is O=S(=O)(Nc1nc2ccccc2nc1N1CCN(Cc2ccccc2)CC1)c1ccccc1. The summed E-state index contributed by atoms with van der Waals surface area (Å²) in [7, 11) is -3.78. The first-order valence-electron chi connectivity index (χ1n) is 10.9. The molecule has 33 heavy (non-hydrogen) atoms. The molecule has 0 bridgehead atoms. The van der Waals surface area contributed by atoms with Crippen molar-refractivity contribution in [3.63, 3.8) is 0 Å². The van der Waals surface area contributed by atoms with Gasteiger partial charge in [0.15, 0.2) is 11.6 Å². The van der Waals surface area contributed by atoms with Gasteiger partial charge in [-0.15, -0.1) is 0 Å². The van der Waals surface area contributed by atoms with Crippen molar-refractivity contribution in [2.24, 2.45) is 0 Å². The van der Waals surface area contributed by atoms with Gasteiger partial charge >= 0.3 is 0 Å². The van der Waals surface area contributed by atoms with Gasteiger partial charge in [-0.1, -0.05) is 60.7 Å². The number of nitrogens with zero attached hydrogens (tertiary/aromatic N) is 4. The average Bonchev–Trinajstić information content (AvgIpc) is 2.85. The smallest absolute Gasteiger partial charge is 0.263 e. The molecule has 1 fully saturated rings. The molecule has 3 aromatic carbocycles. The number of hydrogen-bond donors (Lipinski definition) is 1. The lowest BCUT2D eigenvalue weighted by atomic mass is 10.2. The standard InChI is InChI=1S/C25H25N5O2S/c31-33(32,21-11-5-2-6-12-21)28-24-25(27-23-14-8-7-13-22(23)26-24)30-17-15-29(16-18-30)19-20-9-3-1-4-10-20/h1-14H,15-19H2,(H,26,28). The first kappa shape index (κ1) is 21.4. The highest BCUT2D eigenvalue weighted by Gasteiger charge is 2.25. The van der Waals surface area contributed by atoms with E-state index >= 15 is 0 Å². The van der Waals surface area contributed by atoms with E-state index in [1.54, 1.807) is 30.3 Å². The van der Waals surface area contributed by atoms with Gasteiger partial charge in [0.2, 0.25) is 0 Å². The summed E-state index contributed by atoms with van der Waals surface area (Å²) in [6.07, 6.45) is 0. The zero-order valence-electron chi connectivity index (χ0n) is 18.1. The molecule has 1 aromatic heterocycles. The van der Waals surface area contributed by atoms with Crippen LogP contribution in [-0.2, 0) is 16.6 Å². The predicted octanol–water partition coefficient (Wildman–Crippen LogP) is 3.75. The Morgan fingerprint density at radius 3 is 1.97 bits per heavy atom. The second-order valence-electron chi connectivity index (χ2n) is 8.05. The van der Waals surface area contributed by atoms with Crippen LogP contribution in [0.1, 0.15) is 5.56 Å². The Balaban J connectivity index is 1.41. The van der Waals surface area contributed by atoms with E-state index in [9.17, 15) is 8.42 Å². The normalized spacial score (nSPS) is 15.0. The summed E-state index contributed by atoms with van der Waals surface area (Å²) in [5.41, 5.74) is 2.67. The monoisotopic (exact) mass is 459 g/mol. The van der Waals surface area contributed by atoms with Crippen LogP contribution in [0.5, 0.6) is 0 Å². The summed E-state index contributed by atoms with van der Waals surface area (Å²) in [5, 5.41) is 0. The summed E-state index contributed by atoms with van der Waals surface area (Å²) in [5.74, 6) is 0.821. The summed E-state index contributed by atoms with van der Waals surface area (Å²) in [6.45, 7) is 4.08. The van der Waals surface area contributed by atoms with Gasteiger partial charge in [-0.3, -0.25) is 9.62 Å². The number of piperazine rings is 1. The Bertz CT molecular complexity index is 1340. The van der Waals surface area contributed by atoms with Crippen LogP contribution in [0.25, 0.3) is 11.0 Å². The number of benzene rings is 3. The molecule has 0 atom stereocenters. The largest absolute Gasteiger partial charge is 0.351 e. The van der Waals surface area contributed by atoms with Crippen LogP contribution in [0.2, 0.25) is 0 Å². The highest BCUT2D eigenvalue weighted by Crippen LogP contribution is 2.28. The maximum atomic E-state index is 13.0. The van der Waals surface area contributed by atoms with Crippen molar-refractivity contribution in [2.75, 3.05) is 35.8 Å². The number of anilines is 2. The predicted molar refractivity (Wildman–Crippen MR) is 131 cm³/mol. The van der Waals surface area contributed by atoms with Crippen LogP contribution in [0.3, 0.4) is 0 Å². The molecule has 1 aliphatic heterocycles. The van der Waals surface area contributed by atoms with Gasteiger partial charge in [-0.2, -0.15) is 0 Å². The number of sulfonamides is 1. The van der Waals surface area contributed by atoms with E-state index in [1.807, 2.05) is 30.3 Å². The van der Waals surface area contributed by atoms with Crippen molar-refractivity contribution in [3.8, 4) is 0 Å². The molecule has 0 spiro atoms. The quantitative estimate of drug-likeness (QED) is 0.473. The average molecular weight is 460 g/mol. The molecule has 0 radical (unpaired) electrons. The van der Waals surface area contributed by atoms with Crippen molar-refractivity contribution in [3.05, 3.63) is 90.5 Å². The lowest BCUT2D eigenvalue weighted by molar-refractivity contribution is 0.249. The van der Waals surface area contributed by atoms with Gasteiger partial charge in [-0.05, 0) is 29.8 Å². The number of nitrogens with one attached hydrogen (secondary N) is 1. The van der Waals surface area contributed by atoms with Crippen molar-refractivity contribution >= 4 is 32.7 Å². The van der Waals surface area contributed by atoms with Crippen molar-refractivity contribution < 1.29 is 8.42 Å². The molecule has 4 aromatic rings. The Morgan fingerprint density at radius 2 is 1.30 bits per heavy atom. The number of rotatable bonds is 6. The van der Waals surface area contributed by atoms with E-state index in [-0.39, 0.29) is 10.7 Å². The third-order valence-corrected chi connectivity index (χ3v) is 7.11. The molecule has 1 N–H and O–H groups in total. The molecule has 7 nitrogen and oxygen atoms in total. The molecule has 0 unspecified atom stereocenters. The number of aromatic nitrogens is 2. The van der Waals surface area contributed by atoms with Crippen molar-refractivity contribution in [1.82, 2.24) is 14.9 Å². The lowest BCUT2D eigenvalue weighted by Gasteiger charge is -2.36. The highest BCUT2D eigenvalue weighted by atomic mass is 32.2. The first-order valence-corrected chi connectivity index (χ1v) is 12.4. The van der Waals surface area contributed by atoms with E-state index in [2.05, 4.69) is 43.8 Å². The van der Waals surface area contributed by atoms with E-state index in [1.165, 1.54) is 5.56 Å². The summed E-state index contributed by atoms with van der Waals surface area (Å²) in [4.78, 5) is 14.1. The van der Waals surface area contributed by atoms with Gasteiger partial charge < -0.3 is 4.90 Å². The van der Waals surface area contributed by atoms with Crippen LogP contribution in [0.4, 0.5) is 11.6 Å². The molecule has 8 heteroatoms. The van der Waals surface area contributed by atoms with E-state index in [0.29, 0.717) is 11.3 Å². The van der Waals surface area contributed by atoms with Crippen molar-refractivity contribution in [2.45, 2.75) is 11.4 Å². The minimum atomic E-state index is -3.78. The Labute approximate surface area is 193 Å². The molecule has 2 heterocycles. The van der Waals surface area contributed by atoms with Crippen LogP contribution >= 0.6 is 0 Å². The maximum absolute atomic E-state index is 13.0. The van der Waals surface area contributed by atoms with Gasteiger partial charge in [0.25, 0.3) is 10.0 Å². The summed E-state index contributed by atoms with van der Waals surface area (Å²) < 4.78 is 28.7. The van der Waals surface area contributed by atoms with Crippen LogP contribution in [0, 0.1) is 0 Å². The molecular formula is C25H25N5O2S. The molecule has 0 amide bonds. The Kier molecular flexibility index (Phi) is 5.93. The minimum Gasteiger partial charge on any atom is -0.351 e. The zero-order chi connectivity index (χ0) is 22.7. The third-order valence-electron chi connectivity index (χ3n) is 5.76. The fraction of sp³-hybridized carbons (Fsp3) is 0.200. The van der Waals surface area contributed by atoms with E-state index < -0.39 is 10.0 Å². The number of para-hydroxylation sites is 2. The van der Waals surface area contributed by atoms with Gasteiger partial charge in [0.1, 0.15) is 0 Å². The molecule has 0 saturated carbocycles. The molecule has 5 rings (SSSR count). The number of hydrogen-bond acceptors (Lipinski definition) is 6. The number of fused-ring (bicyclic) bond motifs is 1. The van der Waals surface area contributed by atoms with Crippen LogP contribution < -0.4 is 9.62 Å².